The summed E-state index contributed by atoms with van der Waals surface area (Å²) in [5.74, 6) is 1.24. The van der Waals surface area contributed by atoms with Gasteiger partial charge in [0.1, 0.15) is 5.75 Å². The largest absolute Gasteiger partial charge is 0.481 e. The van der Waals surface area contributed by atoms with E-state index in [2.05, 4.69) is 36.2 Å². The van der Waals surface area contributed by atoms with Crippen LogP contribution in [-0.2, 0) is 16.8 Å². The molecule has 0 fully saturated rings. The van der Waals surface area contributed by atoms with Crippen molar-refractivity contribution in [2.45, 2.75) is 52.7 Å². The van der Waals surface area contributed by atoms with Gasteiger partial charge in [-0.05, 0) is 37.0 Å². The maximum atomic E-state index is 12.3. The Morgan fingerprint density at radius 1 is 1.10 bits per heavy atom. The van der Waals surface area contributed by atoms with Gasteiger partial charge in [-0.3, -0.25) is 4.79 Å². The molecule has 0 aliphatic rings. The third kappa shape index (κ3) is 5.44. The second-order valence-corrected chi connectivity index (χ2v) is 8.13. The van der Waals surface area contributed by atoms with Crippen LogP contribution in [0.15, 0.2) is 53.1 Å². The second kappa shape index (κ2) is 8.47. The molecule has 2 aromatic carbocycles. The number of nitrogens with one attached hydrogen (secondary N) is 1. The maximum absolute atomic E-state index is 12.3. The first kappa shape index (κ1) is 20.6. The third-order valence-corrected chi connectivity index (χ3v) is 4.59. The SMILES string of the molecule is Cc1ccc(-c2noc(CNC(=O)C(C)Oc3ccc(C(C)(C)C)cc3)n2)cc1. The number of carbonyl (C=O) groups is 1. The summed E-state index contributed by atoms with van der Waals surface area (Å²) < 4.78 is 11.0. The predicted octanol–water partition coefficient (Wildman–Crippen LogP) is 4.43. The highest BCUT2D eigenvalue weighted by Crippen LogP contribution is 2.24. The Bertz CT molecular complexity index is 954. The molecule has 0 aliphatic heterocycles. The van der Waals surface area contributed by atoms with Gasteiger partial charge in [0.05, 0.1) is 6.54 Å². The third-order valence-electron chi connectivity index (χ3n) is 4.59. The Balaban J connectivity index is 1.53. The van der Waals surface area contributed by atoms with Gasteiger partial charge in [-0.15, -0.1) is 0 Å². The van der Waals surface area contributed by atoms with E-state index < -0.39 is 6.10 Å². The van der Waals surface area contributed by atoms with E-state index in [1.165, 1.54) is 5.56 Å². The van der Waals surface area contributed by atoms with Gasteiger partial charge >= 0.3 is 0 Å². The molecule has 1 amide bonds. The van der Waals surface area contributed by atoms with E-state index in [-0.39, 0.29) is 17.9 Å². The fraction of sp³-hybridized carbons (Fsp3) is 0.348. The number of amides is 1. The van der Waals surface area contributed by atoms with Gasteiger partial charge in [-0.2, -0.15) is 4.98 Å². The molecular weight excluding hydrogens is 366 g/mol. The van der Waals surface area contributed by atoms with Gasteiger partial charge in [0.2, 0.25) is 11.7 Å². The van der Waals surface area contributed by atoms with Crippen LogP contribution in [0.1, 0.15) is 44.7 Å². The van der Waals surface area contributed by atoms with Gasteiger partial charge in [0.25, 0.3) is 5.91 Å². The van der Waals surface area contributed by atoms with E-state index in [1.54, 1.807) is 6.92 Å². The van der Waals surface area contributed by atoms with Gasteiger partial charge in [-0.25, -0.2) is 0 Å². The van der Waals surface area contributed by atoms with Crippen molar-refractivity contribution in [3.05, 3.63) is 65.5 Å². The van der Waals surface area contributed by atoms with Crippen molar-refractivity contribution in [2.75, 3.05) is 0 Å². The van der Waals surface area contributed by atoms with Crippen molar-refractivity contribution >= 4 is 5.91 Å². The minimum atomic E-state index is -0.644. The first-order valence-electron chi connectivity index (χ1n) is 9.67. The molecule has 1 heterocycles. The van der Waals surface area contributed by atoms with Crippen molar-refractivity contribution in [1.82, 2.24) is 15.5 Å². The minimum Gasteiger partial charge on any atom is -0.481 e. The van der Waals surface area contributed by atoms with Gasteiger partial charge < -0.3 is 14.6 Å². The minimum absolute atomic E-state index is 0.0725. The standard InChI is InChI=1S/C23H27N3O3/c1-15-6-8-17(9-7-15)21-25-20(29-26-21)14-24-22(27)16(2)28-19-12-10-18(11-13-19)23(3,4)5/h6-13,16H,14H2,1-5H3,(H,24,27). The molecule has 1 aromatic heterocycles. The van der Waals surface area contributed by atoms with Crippen molar-refractivity contribution < 1.29 is 14.1 Å². The smallest absolute Gasteiger partial charge is 0.261 e. The predicted molar refractivity (Wildman–Crippen MR) is 112 cm³/mol. The molecule has 1 N–H and O–H groups in total. The quantitative estimate of drug-likeness (QED) is 0.670. The Morgan fingerprint density at radius 2 is 1.76 bits per heavy atom. The fourth-order valence-corrected chi connectivity index (χ4v) is 2.74. The van der Waals surface area contributed by atoms with Gasteiger partial charge in [0.15, 0.2) is 6.10 Å². The lowest BCUT2D eigenvalue weighted by molar-refractivity contribution is -0.127. The first-order valence-corrected chi connectivity index (χ1v) is 9.67. The summed E-state index contributed by atoms with van der Waals surface area (Å²) in [7, 11) is 0. The van der Waals surface area contributed by atoms with Crippen LogP contribution in [0.3, 0.4) is 0 Å². The second-order valence-electron chi connectivity index (χ2n) is 8.13. The Labute approximate surface area is 171 Å². The van der Waals surface area contributed by atoms with Crippen LogP contribution in [0.5, 0.6) is 5.75 Å². The lowest BCUT2D eigenvalue weighted by Crippen LogP contribution is -2.36. The molecule has 0 bridgehead atoms. The number of carbonyl (C=O) groups excluding carboxylic acids is 1. The molecule has 29 heavy (non-hydrogen) atoms. The monoisotopic (exact) mass is 393 g/mol. The number of rotatable bonds is 6. The van der Waals surface area contributed by atoms with Crippen molar-refractivity contribution in [3.8, 4) is 17.1 Å². The molecule has 152 valence electrons. The van der Waals surface area contributed by atoms with Crippen LogP contribution in [0, 0.1) is 6.92 Å². The molecule has 0 saturated heterocycles. The highest BCUT2D eigenvalue weighted by atomic mass is 16.5. The molecule has 0 aliphatic carbocycles. The normalized spacial score (nSPS) is 12.4. The molecule has 3 aromatic rings. The number of aromatic nitrogens is 2. The molecule has 0 radical (unpaired) electrons. The highest BCUT2D eigenvalue weighted by Gasteiger charge is 2.17. The number of benzene rings is 2. The van der Waals surface area contributed by atoms with E-state index in [9.17, 15) is 4.79 Å². The Morgan fingerprint density at radius 3 is 2.38 bits per heavy atom. The highest BCUT2D eigenvalue weighted by molar-refractivity contribution is 5.80. The summed E-state index contributed by atoms with van der Waals surface area (Å²) >= 11 is 0. The van der Waals surface area contributed by atoms with E-state index in [1.807, 2.05) is 55.5 Å². The number of nitrogens with zero attached hydrogens (tertiary/aromatic N) is 2. The zero-order valence-electron chi connectivity index (χ0n) is 17.5. The van der Waals surface area contributed by atoms with Crippen LogP contribution in [0.25, 0.3) is 11.4 Å². The average molecular weight is 393 g/mol. The first-order chi connectivity index (χ1) is 13.7. The van der Waals surface area contributed by atoms with Crippen LogP contribution in [0.4, 0.5) is 0 Å². The molecule has 3 rings (SSSR count). The molecule has 0 saturated carbocycles. The Kier molecular flexibility index (Phi) is 6.01. The van der Waals surface area contributed by atoms with Gasteiger partial charge in [-0.1, -0.05) is 67.9 Å². The lowest BCUT2D eigenvalue weighted by Gasteiger charge is -2.20. The van der Waals surface area contributed by atoms with Gasteiger partial charge in [0, 0.05) is 5.56 Å². The van der Waals surface area contributed by atoms with Crippen LogP contribution >= 0.6 is 0 Å². The summed E-state index contributed by atoms with van der Waals surface area (Å²) in [5.41, 5.74) is 3.31. The summed E-state index contributed by atoms with van der Waals surface area (Å²) in [4.78, 5) is 16.7. The van der Waals surface area contributed by atoms with E-state index in [0.717, 1.165) is 11.1 Å². The molecule has 0 spiro atoms. The van der Waals surface area contributed by atoms with Crippen LogP contribution in [0.2, 0.25) is 0 Å². The fourth-order valence-electron chi connectivity index (χ4n) is 2.74. The van der Waals surface area contributed by atoms with Crippen molar-refractivity contribution in [2.24, 2.45) is 0 Å². The molecule has 1 unspecified atom stereocenters. The molecule has 1 atom stereocenters. The zero-order valence-corrected chi connectivity index (χ0v) is 17.5. The van der Waals surface area contributed by atoms with E-state index in [0.29, 0.717) is 17.5 Å². The number of hydrogen-bond acceptors (Lipinski definition) is 5. The van der Waals surface area contributed by atoms with Crippen molar-refractivity contribution in [1.29, 1.82) is 0 Å². The molecule has 6 nitrogen and oxygen atoms in total. The van der Waals surface area contributed by atoms with E-state index >= 15 is 0 Å². The lowest BCUT2D eigenvalue weighted by atomic mass is 9.87. The summed E-state index contributed by atoms with van der Waals surface area (Å²) in [6, 6.07) is 15.6. The van der Waals surface area contributed by atoms with Crippen molar-refractivity contribution in [3.63, 3.8) is 0 Å². The summed E-state index contributed by atoms with van der Waals surface area (Å²) in [6.45, 7) is 10.3. The number of hydrogen-bond donors (Lipinski definition) is 1. The van der Waals surface area contributed by atoms with E-state index in [4.69, 9.17) is 9.26 Å². The zero-order chi connectivity index (χ0) is 21.0. The average Bonchev–Trinajstić information content (AvgIpc) is 3.15. The van der Waals surface area contributed by atoms with Crippen LogP contribution in [-0.4, -0.2) is 22.2 Å². The molecular formula is C23H27N3O3. The maximum Gasteiger partial charge on any atom is 0.261 e. The Hall–Kier alpha value is -3.15. The van der Waals surface area contributed by atoms with Crippen LogP contribution < -0.4 is 10.1 Å². The molecule has 6 heteroatoms. The number of ether oxygens (including phenoxy) is 1. The summed E-state index contributed by atoms with van der Waals surface area (Å²) in [6.07, 6.45) is -0.644. The summed E-state index contributed by atoms with van der Waals surface area (Å²) in [5, 5.41) is 6.73. The topological polar surface area (TPSA) is 77.2 Å². The number of aryl methyl sites for hydroxylation is 1.